The Morgan fingerprint density at radius 1 is 1.07 bits per heavy atom. The average molecular weight is 395 g/mol. The molecule has 0 spiro atoms. The minimum Gasteiger partial charge on any atom is -0.495 e. The number of carbonyl (C=O) groups is 2. The van der Waals surface area contributed by atoms with Crippen molar-refractivity contribution in [3.05, 3.63) is 54.2 Å². The number of rotatable bonds is 8. The molecule has 152 valence electrons. The van der Waals surface area contributed by atoms with E-state index in [1.165, 1.54) is 14.0 Å². The van der Waals surface area contributed by atoms with E-state index in [0.717, 1.165) is 16.5 Å². The molecule has 3 aromatic rings. The summed E-state index contributed by atoms with van der Waals surface area (Å²) in [5, 5.41) is 6.64. The minimum atomic E-state index is -0.184. The van der Waals surface area contributed by atoms with E-state index in [1.54, 1.807) is 25.3 Å². The lowest BCUT2D eigenvalue weighted by Gasteiger charge is -2.12. The Balaban J connectivity index is 1.81. The number of methoxy groups -OCH3 is 2. The zero-order valence-electron chi connectivity index (χ0n) is 16.8. The van der Waals surface area contributed by atoms with E-state index in [-0.39, 0.29) is 18.2 Å². The smallest absolute Gasteiger partial charge is 0.228 e. The summed E-state index contributed by atoms with van der Waals surface area (Å²) in [5.41, 5.74) is 3.10. The van der Waals surface area contributed by atoms with Gasteiger partial charge in [0.05, 0.1) is 25.8 Å². The van der Waals surface area contributed by atoms with Crippen LogP contribution in [0, 0.1) is 0 Å². The molecule has 0 aliphatic heterocycles. The molecule has 0 fully saturated rings. The molecule has 3 rings (SSSR count). The number of fused-ring (bicyclic) bond motifs is 1. The maximum Gasteiger partial charge on any atom is 0.228 e. The number of nitrogens with zero attached hydrogens (tertiary/aromatic N) is 1. The van der Waals surface area contributed by atoms with E-state index in [4.69, 9.17) is 9.47 Å². The van der Waals surface area contributed by atoms with Crippen molar-refractivity contribution in [2.45, 2.75) is 19.9 Å². The topological polar surface area (TPSA) is 81.6 Å². The van der Waals surface area contributed by atoms with Crippen LogP contribution in [0.4, 0.5) is 11.4 Å². The second kappa shape index (κ2) is 9.25. The molecule has 2 aromatic carbocycles. The second-order valence-corrected chi connectivity index (χ2v) is 6.68. The summed E-state index contributed by atoms with van der Waals surface area (Å²) in [6.45, 7) is 2.74. The summed E-state index contributed by atoms with van der Waals surface area (Å²) in [6, 6.07) is 13.1. The Labute approximate surface area is 169 Å². The van der Waals surface area contributed by atoms with Crippen LogP contribution >= 0.6 is 0 Å². The quantitative estimate of drug-likeness (QED) is 0.612. The van der Waals surface area contributed by atoms with Crippen molar-refractivity contribution in [2.75, 3.05) is 31.5 Å². The number of aromatic nitrogens is 1. The number of hydrogen-bond acceptors (Lipinski definition) is 4. The van der Waals surface area contributed by atoms with Gasteiger partial charge >= 0.3 is 0 Å². The molecule has 0 unspecified atom stereocenters. The van der Waals surface area contributed by atoms with Gasteiger partial charge in [-0.3, -0.25) is 9.59 Å². The van der Waals surface area contributed by atoms with Gasteiger partial charge in [-0.2, -0.15) is 0 Å². The van der Waals surface area contributed by atoms with E-state index in [1.807, 2.05) is 30.5 Å². The fourth-order valence-corrected chi connectivity index (χ4v) is 3.29. The fraction of sp³-hybridized carbons (Fsp3) is 0.273. The van der Waals surface area contributed by atoms with Crippen LogP contribution in [-0.2, 0) is 27.3 Å². The summed E-state index contributed by atoms with van der Waals surface area (Å²) in [7, 11) is 3.20. The molecule has 7 heteroatoms. The molecular weight excluding hydrogens is 370 g/mol. The number of carbonyl (C=O) groups excluding carboxylic acids is 2. The normalized spacial score (nSPS) is 10.7. The summed E-state index contributed by atoms with van der Waals surface area (Å²) < 4.78 is 12.6. The molecule has 0 aliphatic rings. The summed E-state index contributed by atoms with van der Waals surface area (Å²) in [5.74, 6) is 0.171. The van der Waals surface area contributed by atoms with Crippen molar-refractivity contribution >= 4 is 34.1 Å². The van der Waals surface area contributed by atoms with Gasteiger partial charge in [0, 0.05) is 43.4 Å². The van der Waals surface area contributed by atoms with Crippen molar-refractivity contribution < 1.29 is 19.1 Å². The third-order valence-corrected chi connectivity index (χ3v) is 4.55. The van der Waals surface area contributed by atoms with Gasteiger partial charge in [0.2, 0.25) is 11.8 Å². The molecule has 0 bridgehead atoms. The Bertz CT molecular complexity index is 1030. The van der Waals surface area contributed by atoms with Gasteiger partial charge in [0.1, 0.15) is 5.75 Å². The summed E-state index contributed by atoms with van der Waals surface area (Å²) >= 11 is 0. The molecule has 0 atom stereocenters. The number of benzene rings is 2. The van der Waals surface area contributed by atoms with Gasteiger partial charge in [0.25, 0.3) is 0 Å². The predicted octanol–water partition coefficient (Wildman–Crippen LogP) is 3.44. The molecule has 0 saturated carbocycles. The predicted molar refractivity (Wildman–Crippen MR) is 113 cm³/mol. The lowest BCUT2D eigenvalue weighted by atomic mass is 10.1. The third kappa shape index (κ3) is 4.94. The molecule has 0 radical (unpaired) electrons. The third-order valence-electron chi connectivity index (χ3n) is 4.55. The van der Waals surface area contributed by atoms with E-state index in [2.05, 4.69) is 15.2 Å². The lowest BCUT2D eigenvalue weighted by Crippen LogP contribution is -2.15. The highest BCUT2D eigenvalue weighted by Crippen LogP contribution is 2.28. The van der Waals surface area contributed by atoms with Crippen LogP contribution in [0.2, 0.25) is 0 Å². The molecule has 7 nitrogen and oxygen atoms in total. The molecule has 0 saturated heterocycles. The zero-order chi connectivity index (χ0) is 20.8. The summed E-state index contributed by atoms with van der Waals surface area (Å²) in [4.78, 5) is 24.1. The van der Waals surface area contributed by atoms with Crippen molar-refractivity contribution in [1.29, 1.82) is 0 Å². The number of ether oxygens (including phenoxy) is 2. The maximum absolute atomic E-state index is 12.8. The van der Waals surface area contributed by atoms with Crippen LogP contribution in [0.1, 0.15) is 12.5 Å². The first-order valence-electron chi connectivity index (χ1n) is 9.33. The summed E-state index contributed by atoms with van der Waals surface area (Å²) in [6.07, 6.45) is 2.21. The van der Waals surface area contributed by atoms with E-state index in [9.17, 15) is 9.59 Å². The molecule has 0 aliphatic carbocycles. The molecule has 1 heterocycles. The van der Waals surface area contributed by atoms with Crippen LogP contribution in [0.3, 0.4) is 0 Å². The minimum absolute atomic E-state index is 0.169. The Morgan fingerprint density at radius 3 is 2.59 bits per heavy atom. The van der Waals surface area contributed by atoms with Gasteiger partial charge in [-0.25, -0.2) is 0 Å². The van der Waals surface area contributed by atoms with Gasteiger partial charge in [-0.15, -0.1) is 0 Å². The number of nitrogens with one attached hydrogen (secondary N) is 2. The molecule has 29 heavy (non-hydrogen) atoms. The van der Waals surface area contributed by atoms with Gasteiger partial charge in [-0.1, -0.05) is 18.2 Å². The number of amides is 2. The largest absolute Gasteiger partial charge is 0.495 e. The van der Waals surface area contributed by atoms with Crippen molar-refractivity contribution in [2.24, 2.45) is 0 Å². The standard InChI is InChI=1S/C22H25N3O4/c1-15(26)23-17-8-9-21(29-3)19(13-17)24-22(27)12-16-14-25(10-11-28-2)20-7-5-4-6-18(16)20/h4-9,13-14H,10-12H2,1-3H3,(H,23,26)(H,24,27). The SMILES string of the molecule is COCCn1cc(CC(=O)Nc2cc(NC(C)=O)ccc2OC)c2ccccc21. The van der Waals surface area contributed by atoms with Crippen molar-refractivity contribution in [3.8, 4) is 5.75 Å². The lowest BCUT2D eigenvalue weighted by molar-refractivity contribution is -0.115. The number of para-hydroxylation sites is 1. The average Bonchev–Trinajstić information content (AvgIpc) is 3.03. The first-order valence-corrected chi connectivity index (χ1v) is 9.33. The Hall–Kier alpha value is -3.32. The van der Waals surface area contributed by atoms with Crippen LogP contribution in [0.25, 0.3) is 10.9 Å². The Kier molecular flexibility index (Phi) is 6.51. The van der Waals surface area contributed by atoms with Crippen LogP contribution in [-0.4, -0.2) is 37.2 Å². The highest BCUT2D eigenvalue weighted by Gasteiger charge is 2.14. The van der Waals surface area contributed by atoms with Crippen LogP contribution in [0.5, 0.6) is 5.75 Å². The van der Waals surface area contributed by atoms with Gasteiger partial charge in [0.15, 0.2) is 0 Å². The molecule has 2 N–H and O–H groups in total. The molecular formula is C22H25N3O4. The highest BCUT2D eigenvalue weighted by atomic mass is 16.5. The molecule has 2 amide bonds. The first kappa shape index (κ1) is 20.4. The highest BCUT2D eigenvalue weighted by molar-refractivity contribution is 5.98. The monoisotopic (exact) mass is 395 g/mol. The zero-order valence-corrected chi connectivity index (χ0v) is 16.8. The van der Waals surface area contributed by atoms with Crippen LogP contribution in [0.15, 0.2) is 48.7 Å². The van der Waals surface area contributed by atoms with E-state index >= 15 is 0 Å². The van der Waals surface area contributed by atoms with Crippen LogP contribution < -0.4 is 15.4 Å². The van der Waals surface area contributed by atoms with E-state index < -0.39 is 0 Å². The van der Waals surface area contributed by atoms with Crippen molar-refractivity contribution in [1.82, 2.24) is 4.57 Å². The maximum atomic E-state index is 12.8. The molecule has 1 aromatic heterocycles. The first-order chi connectivity index (χ1) is 14.0. The Morgan fingerprint density at radius 2 is 1.86 bits per heavy atom. The number of hydrogen-bond donors (Lipinski definition) is 2. The second-order valence-electron chi connectivity index (χ2n) is 6.68. The van der Waals surface area contributed by atoms with Crippen molar-refractivity contribution in [3.63, 3.8) is 0 Å². The fourth-order valence-electron chi connectivity index (χ4n) is 3.29. The van der Waals surface area contributed by atoms with E-state index in [0.29, 0.717) is 30.3 Å². The van der Waals surface area contributed by atoms with Gasteiger partial charge in [-0.05, 0) is 29.8 Å². The van der Waals surface area contributed by atoms with Gasteiger partial charge < -0.3 is 24.7 Å². The number of anilines is 2.